The Labute approximate surface area is 151 Å². The van der Waals surface area contributed by atoms with E-state index in [1.807, 2.05) is 0 Å². The first-order valence-electron chi connectivity index (χ1n) is 6.95. The first-order chi connectivity index (χ1) is 11.9. The number of amidine groups is 1. The fourth-order valence-corrected chi connectivity index (χ4v) is 3.05. The normalized spacial score (nSPS) is 17.1. The number of hydrogen-bond donors (Lipinski definition) is 2. The molecular formula is C16H10ClN3O4S. The van der Waals surface area contributed by atoms with Gasteiger partial charge in [-0.2, -0.15) is 0 Å². The van der Waals surface area contributed by atoms with Gasteiger partial charge in [-0.15, -0.1) is 0 Å². The lowest BCUT2D eigenvalue weighted by Crippen LogP contribution is -2.19. The Morgan fingerprint density at radius 2 is 2.04 bits per heavy atom. The minimum atomic E-state index is -0.576. The molecule has 2 aromatic rings. The Morgan fingerprint density at radius 1 is 1.28 bits per heavy atom. The molecule has 1 aliphatic heterocycles. The molecule has 126 valence electrons. The lowest BCUT2D eigenvalue weighted by Gasteiger charge is -2.00. The number of amides is 1. The number of carbonyl (C=O) groups excluding carboxylic acids is 1. The van der Waals surface area contributed by atoms with E-state index in [2.05, 4.69) is 10.3 Å². The van der Waals surface area contributed by atoms with Gasteiger partial charge in [-0.3, -0.25) is 14.9 Å². The summed E-state index contributed by atoms with van der Waals surface area (Å²) in [5.74, 6) is -0.579. The van der Waals surface area contributed by atoms with E-state index in [1.165, 1.54) is 24.3 Å². The number of carbonyl (C=O) groups is 1. The third-order valence-electron chi connectivity index (χ3n) is 3.23. The van der Waals surface area contributed by atoms with E-state index >= 15 is 0 Å². The lowest BCUT2D eigenvalue weighted by molar-refractivity contribution is -0.384. The number of phenolic OH excluding ortho intramolecular Hbond substituents is 1. The molecule has 0 aliphatic carbocycles. The van der Waals surface area contributed by atoms with Crippen molar-refractivity contribution >= 4 is 51.9 Å². The topological polar surface area (TPSA) is 105 Å². The molecule has 0 atom stereocenters. The zero-order chi connectivity index (χ0) is 18.0. The van der Waals surface area contributed by atoms with Crippen LogP contribution in [0.25, 0.3) is 6.08 Å². The molecule has 0 saturated carbocycles. The molecule has 3 rings (SSSR count). The van der Waals surface area contributed by atoms with Gasteiger partial charge in [0.2, 0.25) is 0 Å². The van der Waals surface area contributed by atoms with E-state index < -0.39 is 10.8 Å². The van der Waals surface area contributed by atoms with Crippen LogP contribution < -0.4 is 5.32 Å². The number of hydrogen-bond acceptors (Lipinski definition) is 6. The van der Waals surface area contributed by atoms with Crippen LogP contribution in [0.15, 0.2) is 52.4 Å². The fraction of sp³-hybridized carbons (Fsp3) is 0. The van der Waals surface area contributed by atoms with E-state index in [-0.39, 0.29) is 21.9 Å². The number of benzene rings is 2. The zero-order valence-electron chi connectivity index (χ0n) is 12.5. The molecule has 1 saturated heterocycles. The maximum Gasteiger partial charge on any atom is 0.270 e. The van der Waals surface area contributed by atoms with Crippen LogP contribution in [0.3, 0.4) is 0 Å². The Kier molecular flexibility index (Phi) is 4.73. The maximum absolute atomic E-state index is 12.1. The molecular weight excluding hydrogens is 366 g/mol. The minimum absolute atomic E-state index is 0.164. The average Bonchev–Trinajstić information content (AvgIpc) is 2.91. The molecule has 0 radical (unpaired) electrons. The van der Waals surface area contributed by atoms with Crippen molar-refractivity contribution in [1.82, 2.24) is 5.32 Å². The summed E-state index contributed by atoms with van der Waals surface area (Å²) in [4.78, 5) is 26.9. The Hall–Kier alpha value is -2.84. The van der Waals surface area contributed by atoms with Crippen LogP contribution in [0.2, 0.25) is 5.02 Å². The summed E-state index contributed by atoms with van der Waals surface area (Å²) in [5.41, 5.74) is 0.496. The molecule has 2 N–H and O–H groups in total. The van der Waals surface area contributed by atoms with Crippen molar-refractivity contribution in [3.8, 4) is 5.75 Å². The van der Waals surface area contributed by atoms with Crippen LogP contribution in [-0.4, -0.2) is 21.1 Å². The van der Waals surface area contributed by atoms with E-state index in [9.17, 15) is 20.0 Å². The van der Waals surface area contributed by atoms with Gasteiger partial charge >= 0.3 is 0 Å². The van der Waals surface area contributed by atoms with Crippen molar-refractivity contribution in [2.45, 2.75) is 0 Å². The predicted molar refractivity (Wildman–Crippen MR) is 97.0 cm³/mol. The van der Waals surface area contributed by atoms with Gasteiger partial charge in [0, 0.05) is 17.7 Å². The Balaban J connectivity index is 1.91. The number of nitrogens with zero attached hydrogens (tertiary/aromatic N) is 2. The first-order valence-corrected chi connectivity index (χ1v) is 8.15. The van der Waals surface area contributed by atoms with Crippen LogP contribution in [0.1, 0.15) is 5.56 Å². The summed E-state index contributed by atoms with van der Waals surface area (Å²) in [7, 11) is 0. The number of halogens is 1. The monoisotopic (exact) mass is 375 g/mol. The molecule has 0 bridgehead atoms. The molecule has 0 unspecified atom stereocenters. The molecule has 0 aromatic heterocycles. The highest BCUT2D eigenvalue weighted by atomic mass is 35.5. The summed E-state index contributed by atoms with van der Waals surface area (Å²) < 4.78 is 0. The van der Waals surface area contributed by atoms with Gasteiger partial charge < -0.3 is 10.4 Å². The van der Waals surface area contributed by atoms with Gasteiger partial charge in [0.25, 0.3) is 11.6 Å². The van der Waals surface area contributed by atoms with Gasteiger partial charge in [-0.25, -0.2) is 4.99 Å². The molecule has 25 heavy (non-hydrogen) atoms. The minimum Gasteiger partial charge on any atom is -0.507 e. The molecule has 1 fully saturated rings. The van der Waals surface area contributed by atoms with Gasteiger partial charge in [-0.1, -0.05) is 23.7 Å². The highest BCUT2D eigenvalue weighted by molar-refractivity contribution is 8.18. The highest BCUT2D eigenvalue weighted by Crippen LogP contribution is 2.33. The lowest BCUT2D eigenvalue weighted by atomic mass is 10.1. The van der Waals surface area contributed by atoms with Crippen molar-refractivity contribution in [2.75, 3.05) is 0 Å². The molecule has 1 amide bonds. The number of nitro benzene ring substituents is 1. The molecule has 1 heterocycles. The Bertz CT molecular complexity index is 943. The van der Waals surface area contributed by atoms with Crippen LogP contribution >= 0.6 is 23.4 Å². The number of para-hydroxylation sites is 1. The number of non-ortho nitro benzene ring substituents is 1. The smallest absolute Gasteiger partial charge is 0.270 e. The number of aromatic hydroxyl groups is 1. The third-order valence-corrected chi connectivity index (χ3v) is 4.46. The number of nitrogens with one attached hydrogen (secondary N) is 1. The SMILES string of the molecule is O=C1NC(=Nc2ccccc2Cl)S/C1=C/c1cc([N+](=O)[O-])ccc1O. The van der Waals surface area contributed by atoms with Crippen LogP contribution in [0.5, 0.6) is 5.75 Å². The van der Waals surface area contributed by atoms with Gasteiger partial charge in [-0.05, 0) is 36.0 Å². The fourth-order valence-electron chi connectivity index (χ4n) is 2.04. The summed E-state index contributed by atoms with van der Waals surface area (Å²) >= 11 is 7.08. The number of aliphatic imine (C=N–C) groups is 1. The average molecular weight is 376 g/mol. The van der Waals surface area contributed by atoms with Gasteiger partial charge in [0.05, 0.1) is 20.5 Å². The quantitative estimate of drug-likeness (QED) is 0.481. The summed E-state index contributed by atoms with van der Waals surface area (Å²) in [6, 6.07) is 10.5. The maximum atomic E-state index is 12.1. The Morgan fingerprint density at radius 3 is 2.76 bits per heavy atom. The summed E-state index contributed by atoms with van der Waals surface area (Å²) in [5, 5.41) is 24.0. The van der Waals surface area contributed by atoms with Gasteiger partial charge in [0.15, 0.2) is 5.17 Å². The van der Waals surface area contributed by atoms with E-state index in [1.54, 1.807) is 24.3 Å². The molecule has 2 aromatic carbocycles. The summed E-state index contributed by atoms with van der Waals surface area (Å²) in [6.45, 7) is 0. The van der Waals surface area contributed by atoms with Crippen LogP contribution in [-0.2, 0) is 4.79 Å². The van der Waals surface area contributed by atoms with Crippen molar-refractivity contribution in [2.24, 2.45) is 4.99 Å². The second-order valence-corrected chi connectivity index (χ2v) is 6.37. The largest absolute Gasteiger partial charge is 0.507 e. The van der Waals surface area contributed by atoms with Crippen LogP contribution in [0.4, 0.5) is 11.4 Å². The highest BCUT2D eigenvalue weighted by Gasteiger charge is 2.24. The van der Waals surface area contributed by atoms with E-state index in [4.69, 9.17) is 11.6 Å². The number of nitro groups is 1. The van der Waals surface area contributed by atoms with E-state index in [0.29, 0.717) is 15.9 Å². The van der Waals surface area contributed by atoms with Crippen molar-refractivity contribution in [3.05, 3.63) is 68.1 Å². The predicted octanol–water partition coefficient (Wildman–Crippen LogP) is 3.85. The molecule has 1 aliphatic rings. The van der Waals surface area contributed by atoms with E-state index in [0.717, 1.165) is 11.8 Å². The second kappa shape index (κ2) is 6.96. The van der Waals surface area contributed by atoms with Crippen LogP contribution in [0, 0.1) is 10.1 Å². The van der Waals surface area contributed by atoms with Gasteiger partial charge in [0.1, 0.15) is 5.75 Å². The van der Waals surface area contributed by atoms with Crippen molar-refractivity contribution in [3.63, 3.8) is 0 Å². The van der Waals surface area contributed by atoms with Crippen molar-refractivity contribution < 1.29 is 14.8 Å². The molecule has 7 nitrogen and oxygen atoms in total. The molecule has 0 spiro atoms. The summed E-state index contributed by atoms with van der Waals surface area (Å²) in [6.07, 6.45) is 1.37. The second-order valence-electron chi connectivity index (χ2n) is 4.93. The van der Waals surface area contributed by atoms with Crippen molar-refractivity contribution in [1.29, 1.82) is 0 Å². The first kappa shape index (κ1) is 17.0. The molecule has 9 heteroatoms. The zero-order valence-corrected chi connectivity index (χ0v) is 14.0. The number of rotatable bonds is 3. The number of phenols is 1. The third kappa shape index (κ3) is 3.81. The number of thioether (sulfide) groups is 1. The standard InChI is InChI=1S/C16H10ClN3O4S/c17-11-3-1-2-4-12(11)18-16-19-15(22)14(25-16)8-9-7-10(20(23)24)5-6-13(9)21/h1-8,21H,(H,18,19,22)/b14-8+.